The Morgan fingerprint density at radius 1 is 1.60 bits per heavy atom. The van der Waals surface area contributed by atoms with E-state index in [0.29, 0.717) is 0 Å². The van der Waals surface area contributed by atoms with E-state index in [9.17, 15) is 0 Å². The highest BCUT2D eigenvalue weighted by molar-refractivity contribution is 9.08. The molecular formula is C11H15BrN2O. The molecule has 1 aromatic rings. The molecule has 0 spiro atoms. The largest absolute Gasteiger partial charge is 0.375 e. The fraction of sp³-hybridized carbons (Fsp3) is 0.545. The molecule has 1 aromatic heterocycles. The third-order valence-electron chi connectivity index (χ3n) is 2.85. The quantitative estimate of drug-likeness (QED) is 0.788. The van der Waals surface area contributed by atoms with Crippen molar-refractivity contribution in [3.8, 4) is 0 Å². The Hall–Kier alpha value is -0.610. The van der Waals surface area contributed by atoms with Crippen LogP contribution in [0.1, 0.15) is 12.5 Å². The fourth-order valence-corrected chi connectivity index (χ4v) is 2.30. The number of aromatic nitrogens is 1. The van der Waals surface area contributed by atoms with Gasteiger partial charge in [0.1, 0.15) is 5.82 Å². The summed E-state index contributed by atoms with van der Waals surface area (Å²) in [7, 11) is 1.77. The number of nitrogens with zero attached hydrogens (tertiary/aromatic N) is 2. The molecule has 0 radical (unpaired) electrons. The summed E-state index contributed by atoms with van der Waals surface area (Å²) in [5.74, 6) is 1.07. The monoisotopic (exact) mass is 270 g/mol. The van der Waals surface area contributed by atoms with E-state index >= 15 is 0 Å². The molecular weight excluding hydrogens is 256 g/mol. The zero-order valence-corrected chi connectivity index (χ0v) is 10.6. The van der Waals surface area contributed by atoms with Gasteiger partial charge in [-0.3, -0.25) is 0 Å². The van der Waals surface area contributed by atoms with Gasteiger partial charge in [-0.05, 0) is 13.0 Å². The Bertz CT molecular complexity index is 350. The number of alkyl halides is 1. The second-order valence-electron chi connectivity index (χ2n) is 4.13. The number of methoxy groups -OCH3 is 1. The summed E-state index contributed by atoms with van der Waals surface area (Å²) in [5.41, 5.74) is 1.23. The Kier molecular flexibility index (Phi) is 2.98. The summed E-state index contributed by atoms with van der Waals surface area (Å²) in [4.78, 5) is 6.66. The predicted octanol–water partition coefficient (Wildman–Crippen LogP) is 2.20. The molecule has 82 valence electrons. The molecule has 15 heavy (non-hydrogen) atoms. The van der Waals surface area contributed by atoms with Gasteiger partial charge in [0.2, 0.25) is 0 Å². The molecule has 0 aliphatic carbocycles. The second kappa shape index (κ2) is 4.10. The van der Waals surface area contributed by atoms with Crippen LogP contribution in [-0.2, 0) is 10.1 Å². The first-order chi connectivity index (χ1) is 7.18. The summed E-state index contributed by atoms with van der Waals surface area (Å²) in [6.07, 6.45) is 1.84. The van der Waals surface area contributed by atoms with E-state index in [1.165, 1.54) is 5.56 Å². The maximum atomic E-state index is 5.42. The number of halogens is 1. The van der Waals surface area contributed by atoms with Gasteiger partial charge >= 0.3 is 0 Å². The van der Waals surface area contributed by atoms with Crippen molar-refractivity contribution in [2.24, 2.45) is 0 Å². The number of anilines is 1. The van der Waals surface area contributed by atoms with Crippen LogP contribution in [0.15, 0.2) is 18.3 Å². The Morgan fingerprint density at radius 3 is 2.93 bits per heavy atom. The van der Waals surface area contributed by atoms with Crippen LogP contribution in [0.2, 0.25) is 0 Å². The van der Waals surface area contributed by atoms with Crippen LogP contribution >= 0.6 is 15.9 Å². The van der Waals surface area contributed by atoms with Gasteiger partial charge in [-0.15, -0.1) is 0 Å². The molecule has 0 amide bonds. The molecule has 3 nitrogen and oxygen atoms in total. The first-order valence-electron chi connectivity index (χ1n) is 4.98. The van der Waals surface area contributed by atoms with Crippen molar-refractivity contribution in [1.29, 1.82) is 0 Å². The third-order valence-corrected chi connectivity index (χ3v) is 3.46. The smallest absolute Gasteiger partial charge is 0.132 e. The number of pyridine rings is 1. The third kappa shape index (κ3) is 2.01. The number of ether oxygens (including phenoxy) is 1. The van der Waals surface area contributed by atoms with E-state index in [-0.39, 0.29) is 5.60 Å². The molecule has 1 fully saturated rings. The van der Waals surface area contributed by atoms with E-state index in [2.05, 4.69) is 38.8 Å². The Balaban J connectivity index is 2.13. The summed E-state index contributed by atoms with van der Waals surface area (Å²) in [6.45, 7) is 3.96. The highest BCUT2D eigenvalue weighted by Crippen LogP contribution is 2.31. The maximum absolute atomic E-state index is 5.42. The normalized spacial score (nSPS) is 18.7. The van der Waals surface area contributed by atoms with Crippen molar-refractivity contribution >= 4 is 21.7 Å². The highest BCUT2D eigenvalue weighted by atomic mass is 79.9. The lowest BCUT2D eigenvalue weighted by Gasteiger charge is -2.47. The van der Waals surface area contributed by atoms with Gasteiger partial charge in [0.25, 0.3) is 0 Å². The fourth-order valence-electron chi connectivity index (χ4n) is 1.86. The van der Waals surface area contributed by atoms with E-state index in [1.54, 1.807) is 7.11 Å². The van der Waals surface area contributed by atoms with Gasteiger partial charge in [-0.25, -0.2) is 4.98 Å². The zero-order chi connectivity index (χ0) is 10.9. The summed E-state index contributed by atoms with van der Waals surface area (Å²) >= 11 is 3.48. The molecule has 0 saturated carbocycles. The lowest BCUT2D eigenvalue weighted by molar-refractivity contribution is -0.0172. The Labute approximate surface area is 98.6 Å². The van der Waals surface area contributed by atoms with E-state index < -0.39 is 0 Å². The Morgan fingerprint density at radius 2 is 2.33 bits per heavy atom. The highest BCUT2D eigenvalue weighted by Gasteiger charge is 2.40. The standard InChI is InChI=1S/C11H15BrN2O/c1-11(15-2)7-14(8-11)10-9(6-12)4-3-5-13-10/h3-5H,6-8H2,1-2H3. The lowest BCUT2D eigenvalue weighted by Crippen LogP contribution is -2.61. The van der Waals surface area contributed by atoms with Crippen molar-refractivity contribution in [1.82, 2.24) is 4.98 Å². The van der Waals surface area contributed by atoms with Crippen LogP contribution in [0.25, 0.3) is 0 Å². The van der Waals surface area contributed by atoms with E-state index in [1.807, 2.05) is 12.3 Å². The number of hydrogen-bond acceptors (Lipinski definition) is 3. The molecule has 0 N–H and O–H groups in total. The molecule has 0 atom stereocenters. The minimum Gasteiger partial charge on any atom is -0.375 e. The first-order valence-corrected chi connectivity index (χ1v) is 6.10. The molecule has 1 aliphatic rings. The van der Waals surface area contributed by atoms with Gasteiger partial charge in [0.05, 0.1) is 5.60 Å². The van der Waals surface area contributed by atoms with Gasteiger partial charge in [0.15, 0.2) is 0 Å². The van der Waals surface area contributed by atoms with E-state index in [0.717, 1.165) is 24.2 Å². The summed E-state index contributed by atoms with van der Waals surface area (Å²) in [6, 6.07) is 4.06. The van der Waals surface area contributed by atoms with Crippen molar-refractivity contribution in [2.75, 3.05) is 25.1 Å². The predicted molar refractivity (Wildman–Crippen MR) is 64.5 cm³/mol. The van der Waals surface area contributed by atoms with Gasteiger partial charge < -0.3 is 9.64 Å². The van der Waals surface area contributed by atoms with Crippen molar-refractivity contribution in [3.05, 3.63) is 23.9 Å². The maximum Gasteiger partial charge on any atom is 0.132 e. The second-order valence-corrected chi connectivity index (χ2v) is 4.69. The minimum atomic E-state index is 0.00110. The summed E-state index contributed by atoms with van der Waals surface area (Å²) < 4.78 is 5.42. The number of hydrogen-bond donors (Lipinski definition) is 0. The number of rotatable bonds is 3. The van der Waals surface area contributed by atoms with Crippen LogP contribution in [0.4, 0.5) is 5.82 Å². The molecule has 2 heterocycles. The zero-order valence-electron chi connectivity index (χ0n) is 9.03. The molecule has 0 aromatic carbocycles. The van der Waals surface area contributed by atoms with Crippen LogP contribution in [0.5, 0.6) is 0 Å². The average molecular weight is 271 g/mol. The van der Waals surface area contributed by atoms with Gasteiger partial charge in [-0.2, -0.15) is 0 Å². The average Bonchev–Trinajstić information content (AvgIpc) is 2.25. The summed E-state index contributed by atoms with van der Waals surface area (Å²) in [5, 5.41) is 0.844. The molecule has 1 aliphatic heterocycles. The van der Waals surface area contributed by atoms with Crippen molar-refractivity contribution in [2.45, 2.75) is 17.9 Å². The van der Waals surface area contributed by atoms with E-state index in [4.69, 9.17) is 4.74 Å². The van der Waals surface area contributed by atoms with Crippen molar-refractivity contribution < 1.29 is 4.74 Å². The lowest BCUT2D eigenvalue weighted by atomic mass is 9.96. The van der Waals surface area contributed by atoms with Crippen LogP contribution < -0.4 is 4.90 Å². The first kappa shape index (κ1) is 10.9. The van der Waals surface area contributed by atoms with Gasteiger partial charge in [0, 0.05) is 37.3 Å². The van der Waals surface area contributed by atoms with Gasteiger partial charge in [-0.1, -0.05) is 22.0 Å². The van der Waals surface area contributed by atoms with Crippen LogP contribution in [-0.4, -0.2) is 30.8 Å². The molecule has 0 unspecified atom stereocenters. The van der Waals surface area contributed by atoms with Crippen LogP contribution in [0.3, 0.4) is 0 Å². The molecule has 1 saturated heterocycles. The SMILES string of the molecule is COC1(C)CN(c2ncccc2CBr)C1. The minimum absolute atomic E-state index is 0.00110. The van der Waals surface area contributed by atoms with Crippen LogP contribution in [0, 0.1) is 0 Å². The molecule has 0 bridgehead atoms. The molecule has 2 rings (SSSR count). The van der Waals surface area contributed by atoms with Crippen molar-refractivity contribution in [3.63, 3.8) is 0 Å². The molecule has 4 heteroatoms. The topological polar surface area (TPSA) is 25.4 Å².